The Bertz CT molecular complexity index is 632. The highest BCUT2D eigenvalue weighted by molar-refractivity contribution is 6.32. The zero-order valence-electron chi connectivity index (χ0n) is 13.1. The molecule has 1 amide bonds. The molecule has 2 aromatic carbocycles. The van der Waals surface area contributed by atoms with Crippen molar-refractivity contribution in [1.82, 2.24) is 5.32 Å². The largest absolute Gasteiger partial charge is 0.495 e. The number of carbonyl (C=O) groups excluding carboxylic acids is 1. The minimum absolute atomic E-state index is 0.0370. The second-order valence-electron chi connectivity index (χ2n) is 5.14. The lowest BCUT2D eigenvalue weighted by Crippen LogP contribution is -2.30. The van der Waals surface area contributed by atoms with Gasteiger partial charge in [-0.15, -0.1) is 0 Å². The van der Waals surface area contributed by atoms with Gasteiger partial charge in [0, 0.05) is 12.2 Å². The highest BCUT2D eigenvalue weighted by atomic mass is 35.5. The summed E-state index contributed by atoms with van der Waals surface area (Å²) in [4.78, 5) is 11.8. The molecule has 0 atom stereocenters. The SMILES string of the molecule is COc1ccc(NCC(=O)NCCCc2ccccc2)cc1Cl. The van der Waals surface area contributed by atoms with Gasteiger partial charge in [-0.3, -0.25) is 4.79 Å². The number of aryl methyl sites for hydroxylation is 1. The Kier molecular flexibility index (Phi) is 6.76. The molecule has 0 fully saturated rings. The topological polar surface area (TPSA) is 50.4 Å². The van der Waals surface area contributed by atoms with Crippen LogP contribution in [0.5, 0.6) is 5.75 Å². The van der Waals surface area contributed by atoms with Crippen molar-refractivity contribution >= 4 is 23.2 Å². The average molecular weight is 333 g/mol. The maximum atomic E-state index is 11.8. The number of nitrogens with one attached hydrogen (secondary N) is 2. The molecule has 0 saturated heterocycles. The fraction of sp³-hybridized carbons (Fsp3) is 0.278. The molecule has 2 N–H and O–H groups in total. The number of hydrogen-bond donors (Lipinski definition) is 2. The van der Waals surface area contributed by atoms with Crippen LogP contribution in [0, 0.1) is 0 Å². The minimum atomic E-state index is -0.0370. The second-order valence-corrected chi connectivity index (χ2v) is 5.55. The summed E-state index contributed by atoms with van der Waals surface area (Å²) >= 11 is 6.04. The van der Waals surface area contributed by atoms with E-state index < -0.39 is 0 Å². The molecule has 0 bridgehead atoms. The van der Waals surface area contributed by atoms with Crippen LogP contribution in [0.25, 0.3) is 0 Å². The van der Waals surface area contributed by atoms with Crippen molar-refractivity contribution in [3.8, 4) is 5.75 Å². The van der Waals surface area contributed by atoms with E-state index in [1.165, 1.54) is 5.56 Å². The molecule has 0 spiro atoms. The zero-order chi connectivity index (χ0) is 16.5. The molecule has 4 nitrogen and oxygen atoms in total. The Labute approximate surface area is 141 Å². The number of anilines is 1. The maximum Gasteiger partial charge on any atom is 0.239 e. The summed E-state index contributed by atoms with van der Waals surface area (Å²) in [6.07, 6.45) is 1.88. The highest BCUT2D eigenvalue weighted by Gasteiger charge is 2.04. The summed E-state index contributed by atoms with van der Waals surface area (Å²) in [5.74, 6) is 0.576. The number of carbonyl (C=O) groups is 1. The van der Waals surface area contributed by atoms with Gasteiger partial charge in [0.2, 0.25) is 5.91 Å². The third kappa shape index (κ3) is 5.83. The van der Waals surface area contributed by atoms with Gasteiger partial charge in [-0.25, -0.2) is 0 Å². The first-order valence-corrected chi connectivity index (χ1v) is 7.95. The summed E-state index contributed by atoms with van der Waals surface area (Å²) in [6.45, 7) is 0.882. The lowest BCUT2D eigenvalue weighted by molar-refractivity contribution is -0.119. The van der Waals surface area contributed by atoms with E-state index in [0.29, 0.717) is 17.3 Å². The van der Waals surface area contributed by atoms with Crippen LogP contribution < -0.4 is 15.4 Å². The predicted octanol–water partition coefficient (Wildman–Crippen LogP) is 3.51. The molecule has 2 aromatic rings. The molecule has 5 heteroatoms. The van der Waals surface area contributed by atoms with Crippen molar-refractivity contribution in [3.63, 3.8) is 0 Å². The van der Waals surface area contributed by atoms with Crippen molar-refractivity contribution in [2.45, 2.75) is 12.8 Å². The van der Waals surface area contributed by atoms with Crippen LogP contribution in [0.2, 0.25) is 5.02 Å². The van der Waals surface area contributed by atoms with E-state index in [2.05, 4.69) is 22.8 Å². The third-order valence-corrected chi connectivity index (χ3v) is 3.71. The summed E-state index contributed by atoms with van der Waals surface area (Å²) in [5, 5.41) is 6.46. The first kappa shape index (κ1) is 17.2. The molecular weight excluding hydrogens is 312 g/mol. The summed E-state index contributed by atoms with van der Waals surface area (Å²) in [6, 6.07) is 15.6. The van der Waals surface area contributed by atoms with E-state index >= 15 is 0 Å². The minimum Gasteiger partial charge on any atom is -0.495 e. The van der Waals surface area contributed by atoms with E-state index in [1.54, 1.807) is 19.2 Å². The van der Waals surface area contributed by atoms with Gasteiger partial charge in [0.15, 0.2) is 0 Å². The summed E-state index contributed by atoms with van der Waals surface area (Å²) in [5.41, 5.74) is 2.07. The second kappa shape index (κ2) is 9.06. The Morgan fingerprint density at radius 3 is 2.65 bits per heavy atom. The highest BCUT2D eigenvalue weighted by Crippen LogP contribution is 2.26. The van der Waals surface area contributed by atoms with Gasteiger partial charge in [-0.1, -0.05) is 41.9 Å². The lowest BCUT2D eigenvalue weighted by atomic mass is 10.1. The van der Waals surface area contributed by atoms with Crippen molar-refractivity contribution < 1.29 is 9.53 Å². The molecule has 0 aliphatic rings. The van der Waals surface area contributed by atoms with Crippen molar-refractivity contribution in [1.29, 1.82) is 0 Å². The Morgan fingerprint density at radius 1 is 1.17 bits per heavy atom. The third-order valence-electron chi connectivity index (χ3n) is 3.41. The molecule has 122 valence electrons. The normalized spacial score (nSPS) is 10.2. The van der Waals surface area contributed by atoms with Crippen LogP contribution in [-0.4, -0.2) is 26.1 Å². The summed E-state index contributed by atoms with van der Waals surface area (Å²) in [7, 11) is 1.57. The van der Waals surface area contributed by atoms with E-state index in [4.69, 9.17) is 16.3 Å². The predicted molar refractivity (Wildman–Crippen MR) is 94.3 cm³/mol. The number of ether oxygens (including phenoxy) is 1. The van der Waals surface area contributed by atoms with Crippen molar-refractivity contribution in [2.24, 2.45) is 0 Å². The Hall–Kier alpha value is -2.20. The van der Waals surface area contributed by atoms with Crippen LogP contribution in [0.4, 0.5) is 5.69 Å². The number of rotatable bonds is 8. The van der Waals surface area contributed by atoms with Crippen LogP contribution >= 0.6 is 11.6 Å². The first-order chi connectivity index (χ1) is 11.2. The van der Waals surface area contributed by atoms with Gasteiger partial charge in [0.1, 0.15) is 5.75 Å². The van der Waals surface area contributed by atoms with Gasteiger partial charge in [0.05, 0.1) is 18.7 Å². The van der Waals surface area contributed by atoms with Gasteiger partial charge >= 0.3 is 0 Å². The number of hydrogen-bond acceptors (Lipinski definition) is 3. The smallest absolute Gasteiger partial charge is 0.239 e. The Balaban J connectivity index is 1.66. The average Bonchev–Trinajstić information content (AvgIpc) is 2.58. The van der Waals surface area contributed by atoms with Gasteiger partial charge in [-0.05, 0) is 36.6 Å². The van der Waals surface area contributed by atoms with E-state index in [-0.39, 0.29) is 12.5 Å². The first-order valence-electron chi connectivity index (χ1n) is 7.57. The lowest BCUT2D eigenvalue weighted by Gasteiger charge is -2.09. The molecule has 23 heavy (non-hydrogen) atoms. The molecule has 0 heterocycles. The molecule has 0 aliphatic heterocycles. The van der Waals surface area contributed by atoms with Crippen molar-refractivity contribution in [2.75, 3.05) is 25.5 Å². The zero-order valence-corrected chi connectivity index (χ0v) is 13.9. The maximum absolute atomic E-state index is 11.8. The molecule has 0 aliphatic carbocycles. The van der Waals surface area contributed by atoms with E-state index in [0.717, 1.165) is 18.5 Å². The van der Waals surface area contributed by atoms with Crippen LogP contribution in [0.1, 0.15) is 12.0 Å². The number of benzene rings is 2. The molecular formula is C18H21ClN2O2. The molecule has 0 unspecified atom stereocenters. The van der Waals surface area contributed by atoms with Crippen LogP contribution in [0.15, 0.2) is 48.5 Å². The molecule has 2 rings (SSSR count). The number of halogens is 1. The van der Waals surface area contributed by atoms with Crippen LogP contribution in [0.3, 0.4) is 0 Å². The molecule has 0 aromatic heterocycles. The summed E-state index contributed by atoms with van der Waals surface area (Å²) < 4.78 is 5.09. The fourth-order valence-corrected chi connectivity index (χ4v) is 2.44. The molecule has 0 saturated carbocycles. The van der Waals surface area contributed by atoms with Gasteiger partial charge < -0.3 is 15.4 Å². The monoisotopic (exact) mass is 332 g/mol. The van der Waals surface area contributed by atoms with Gasteiger partial charge in [-0.2, -0.15) is 0 Å². The number of methoxy groups -OCH3 is 1. The standard InChI is InChI=1S/C18H21ClN2O2/c1-23-17-10-9-15(12-16(17)19)21-13-18(22)20-11-5-8-14-6-3-2-4-7-14/h2-4,6-7,9-10,12,21H,5,8,11,13H2,1H3,(H,20,22). The Morgan fingerprint density at radius 2 is 1.96 bits per heavy atom. The quantitative estimate of drug-likeness (QED) is 0.727. The van der Waals surface area contributed by atoms with E-state index in [9.17, 15) is 4.79 Å². The van der Waals surface area contributed by atoms with Crippen molar-refractivity contribution in [3.05, 3.63) is 59.1 Å². The van der Waals surface area contributed by atoms with Crippen LogP contribution in [-0.2, 0) is 11.2 Å². The molecule has 0 radical (unpaired) electrons. The fourth-order valence-electron chi connectivity index (χ4n) is 2.19. The number of amides is 1. The van der Waals surface area contributed by atoms with E-state index in [1.807, 2.05) is 24.3 Å². The van der Waals surface area contributed by atoms with Gasteiger partial charge in [0.25, 0.3) is 0 Å².